The second-order valence-electron chi connectivity index (χ2n) is 7.71. The highest BCUT2D eigenvalue weighted by Crippen LogP contribution is 2.23. The van der Waals surface area contributed by atoms with Crippen molar-refractivity contribution in [2.75, 3.05) is 11.1 Å². The molecule has 0 aliphatic rings. The van der Waals surface area contributed by atoms with Gasteiger partial charge in [0.25, 0.3) is 5.56 Å². The average Bonchev–Trinajstić information content (AvgIpc) is 2.80. The van der Waals surface area contributed by atoms with E-state index < -0.39 is 0 Å². The number of amides is 1. The van der Waals surface area contributed by atoms with Gasteiger partial charge >= 0.3 is 0 Å². The molecule has 0 fully saturated rings. The maximum absolute atomic E-state index is 13.4. The van der Waals surface area contributed by atoms with Crippen molar-refractivity contribution in [1.82, 2.24) is 9.55 Å². The monoisotopic (exact) mass is 443 g/mol. The van der Waals surface area contributed by atoms with Gasteiger partial charge in [-0.15, -0.1) is 0 Å². The second kappa shape index (κ2) is 9.40. The number of nitrogens with one attached hydrogen (secondary N) is 1. The predicted octanol–water partition coefficient (Wildman–Crippen LogP) is 5.30. The molecule has 0 radical (unpaired) electrons. The molecule has 0 bridgehead atoms. The van der Waals surface area contributed by atoms with Crippen LogP contribution < -0.4 is 10.9 Å². The highest BCUT2D eigenvalue weighted by atomic mass is 32.2. The molecule has 4 rings (SSSR count). The van der Waals surface area contributed by atoms with Gasteiger partial charge in [0.1, 0.15) is 0 Å². The third-order valence-electron chi connectivity index (χ3n) is 5.44. The van der Waals surface area contributed by atoms with Gasteiger partial charge in [-0.3, -0.25) is 14.2 Å². The average molecular weight is 444 g/mol. The summed E-state index contributed by atoms with van der Waals surface area (Å²) in [6.07, 6.45) is 0.904. The Morgan fingerprint density at radius 2 is 1.81 bits per heavy atom. The highest BCUT2D eigenvalue weighted by molar-refractivity contribution is 7.99. The van der Waals surface area contributed by atoms with Gasteiger partial charge in [0, 0.05) is 5.69 Å². The van der Waals surface area contributed by atoms with Crippen molar-refractivity contribution < 1.29 is 4.79 Å². The molecule has 6 heteroatoms. The van der Waals surface area contributed by atoms with Crippen LogP contribution in [0.1, 0.15) is 23.6 Å². The van der Waals surface area contributed by atoms with E-state index in [1.165, 1.54) is 11.8 Å². The Labute approximate surface area is 191 Å². The minimum Gasteiger partial charge on any atom is -0.325 e. The van der Waals surface area contributed by atoms with Crippen molar-refractivity contribution in [3.8, 4) is 5.69 Å². The van der Waals surface area contributed by atoms with Crippen LogP contribution in [0.15, 0.2) is 76.7 Å². The lowest BCUT2D eigenvalue weighted by atomic mass is 10.1. The molecule has 1 N–H and O–H groups in total. The molecule has 1 amide bonds. The fourth-order valence-electron chi connectivity index (χ4n) is 3.50. The van der Waals surface area contributed by atoms with Gasteiger partial charge in [0.2, 0.25) is 5.91 Å². The first-order valence-corrected chi connectivity index (χ1v) is 11.6. The van der Waals surface area contributed by atoms with E-state index in [2.05, 4.69) is 12.2 Å². The van der Waals surface area contributed by atoms with Crippen LogP contribution in [0, 0.1) is 13.8 Å². The Balaban J connectivity index is 1.67. The number of rotatable bonds is 6. The number of carbonyl (C=O) groups is 1. The zero-order valence-electron chi connectivity index (χ0n) is 18.4. The van der Waals surface area contributed by atoms with E-state index in [0.717, 1.165) is 34.5 Å². The van der Waals surface area contributed by atoms with Crippen LogP contribution in [0.3, 0.4) is 0 Å². The number of hydrogen-bond donors (Lipinski definition) is 1. The van der Waals surface area contributed by atoms with Gasteiger partial charge in [0.15, 0.2) is 5.16 Å². The summed E-state index contributed by atoms with van der Waals surface area (Å²) in [4.78, 5) is 30.7. The van der Waals surface area contributed by atoms with E-state index in [0.29, 0.717) is 16.1 Å². The molecular weight excluding hydrogens is 418 g/mol. The van der Waals surface area contributed by atoms with Gasteiger partial charge in [-0.2, -0.15) is 0 Å². The van der Waals surface area contributed by atoms with Crippen LogP contribution in [-0.2, 0) is 11.2 Å². The fraction of sp³-hybridized carbons (Fsp3) is 0.192. The Hall–Kier alpha value is -3.38. The molecule has 0 aliphatic carbocycles. The molecule has 0 aliphatic heterocycles. The lowest BCUT2D eigenvalue weighted by Crippen LogP contribution is -2.23. The first-order chi connectivity index (χ1) is 15.5. The molecule has 0 saturated carbocycles. The van der Waals surface area contributed by atoms with E-state index >= 15 is 0 Å². The van der Waals surface area contributed by atoms with Crippen molar-refractivity contribution in [1.29, 1.82) is 0 Å². The van der Waals surface area contributed by atoms with Crippen molar-refractivity contribution in [2.45, 2.75) is 32.3 Å². The summed E-state index contributed by atoms with van der Waals surface area (Å²) in [5.41, 5.74) is 5.40. The maximum atomic E-state index is 13.4. The molecule has 32 heavy (non-hydrogen) atoms. The number of carbonyl (C=O) groups excluding carboxylic acids is 1. The van der Waals surface area contributed by atoms with Crippen LogP contribution in [0.25, 0.3) is 16.6 Å². The van der Waals surface area contributed by atoms with E-state index in [1.807, 2.05) is 74.5 Å². The van der Waals surface area contributed by atoms with E-state index in [-0.39, 0.29) is 17.2 Å². The Kier molecular flexibility index (Phi) is 6.42. The molecule has 0 atom stereocenters. The van der Waals surface area contributed by atoms with E-state index in [4.69, 9.17) is 4.98 Å². The predicted molar refractivity (Wildman–Crippen MR) is 132 cm³/mol. The molecule has 5 nitrogen and oxygen atoms in total. The summed E-state index contributed by atoms with van der Waals surface area (Å²) >= 11 is 1.26. The maximum Gasteiger partial charge on any atom is 0.266 e. The number of aromatic nitrogens is 2. The number of para-hydroxylation sites is 1. The minimum atomic E-state index is -0.141. The number of hydrogen-bond acceptors (Lipinski definition) is 4. The van der Waals surface area contributed by atoms with Crippen LogP contribution in [-0.4, -0.2) is 21.2 Å². The van der Waals surface area contributed by atoms with Gasteiger partial charge in [-0.1, -0.05) is 49.0 Å². The number of aryl methyl sites for hydroxylation is 3. The summed E-state index contributed by atoms with van der Waals surface area (Å²) in [6, 6.07) is 21.0. The molecule has 0 spiro atoms. The summed E-state index contributed by atoms with van der Waals surface area (Å²) in [5.74, 6) is 0.00343. The molecule has 1 aromatic heterocycles. The van der Waals surface area contributed by atoms with Crippen molar-refractivity contribution in [2.24, 2.45) is 0 Å². The zero-order valence-corrected chi connectivity index (χ0v) is 19.2. The summed E-state index contributed by atoms with van der Waals surface area (Å²) in [6.45, 7) is 6.13. The lowest BCUT2D eigenvalue weighted by Gasteiger charge is -2.14. The quantitative estimate of drug-likeness (QED) is 0.325. The molecule has 162 valence electrons. The third-order valence-corrected chi connectivity index (χ3v) is 6.38. The third kappa shape index (κ3) is 4.60. The molecule has 1 heterocycles. The molecule has 0 saturated heterocycles. The number of nitrogens with zero attached hydrogens (tertiary/aromatic N) is 2. The standard InChI is InChI=1S/C26H25N3O2S/c1-4-19-8-7-9-20(15-19)27-24(30)16-32-26-28-23-11-6-5-10-22(23)25(31)29(26)21-13-12-17(2)18(3)14-21/h5-15H,4,16H2,1-3H3,(H,27,30). The van der Waals surface area contributed by atoms with Crippen molar-refractivity contribution in [3.63, 3.8) is 0 Å². The van der Waals surface area contributed by atoms with Gasteiger partial charge in [-0.25, -0.2) is 4.98 Å². The largest absolute Gasteiger partial charge is 0.325 e. The Morgan fingerprint density at radius 1 is 1.00 bits per heavy atom. The van der Waals surface area contributed by atoms with Crippen LogP contribution in [0.4, 0.5) is 5.69 Å². The zero-order chi connectivity index (χ0) is 22.7. The van der Waals surface area contributed by atoms with Gasteiger partial charge < -0.3 is 5.32 Å². The molecule has 0 unspecified atom stereocenters. The summed E-state index contributed by atoms with van der Waals surface area (Å²) < 4.78 is 1.60. The smallest absolute Gasteiger partial charge is 0.266 e. The number of fused-ring (bicyclic) bond motifs is 1. The summed E-state index contributed by atoms with van der Waals surface area (Å²) in [7, 11) is 0. The van der Waals surface area contributed by atoms with E-state index in [9.17, 15) is 9.59 Å². The van der Waals surface area contributed by atoms with Crippen molar-refractivity contribution >= 4 is 34.3 Å². The van der Waals surface area contributed by atoms with Crippen LogP contribution >= 0.6 is 11.8 Å². The molecular formula is C26H25N3O2S. The molecule has 4 aromatic rings. The van der Waals surface area contributed by atoms with E-state index in [1.54, 1.807) is 10.6 Å². The second-order valence-corrected chi connectivity index (χ2v) is 8.65. The molecule has 3 aromatic carbocycles. The first-order valence-electron chi connectivity index (χ1n) is 10.6. The first kappa shape index (κ1) is 21.8. The van der Waals surface area contributed by atoms with Crippen LogP contribution in [0.5, 0.6) is 0 Å². The minimum absolute atomic E-state index is 0.141. The Bertz CT molecular complexity index is 1360. The van der Waals surface area contributed by atoms with Crippen molar-refractivity contribution in [3.05, 3.63) is 93.8 Å². The van der Waals surface area contributed by atoms with Gasteiger partial charge in [0.05, 0.1) is 22.3 Å². The highest BCUT2D eigenvalue weighted by Gasteiger charge is 2.15. The lowest BCUT2D eigenvalue weighted by molar-refractivity contribution is -0.113. The normalized spacial score (nSPS) is 11.0. The number of anilines is 1. The van der Waals surface area contributed by atoms with Gasteiger partial charge in [-0.05, 0) is 73.4 Å². The summed E-state index contributed by atoms with van der Waals surface area (Å²) in [5, 5.41) is 3.99. The SMILES string of the molecule is CCc1cccc(NC(=O)CSc2nc3ccccc3c(=O)n2-c2ccc(C)c(C)c2)c1. The fourth-order valence-corrected chi connectivity index (χ4v) is 4.31. The topological polar surface area (TPSA) is 64.0 Å². The Morgan fingerprint density at radius 3 is 2.59 bits per heavy atom. The number of benzene rings is 3. The number of thioether (sulfide) groups is 1. The van der Waals surface area contributed by atoms with Crippen LogP contribution in [0.2, 0.25) is 0 Å².